The summed E-state index contributed by atoms with van der Waals surface area (Å²) in [4.78, 5) is 25.3. The van der Waals surface area contributed by atoms with Gasteiger partial charge in [0.2, 0.25) is 0 Å². The highest BCUT2D eigenvalue weighted by Crippen LogP contribution is 2.25. The number of carboxylic acids is 1. The van der Waals surface area contributed by atoms with E-state index < -0.39 is 12.1 Å². The molecule has 1 saturated heterocycles. The first-order chi connectivity index (χ1) is 10.1. The minimum Gasteiger partial charge on any atom is -0.479 e. The van der Waals surface area contributed by atoms with E-state index in [0.29, 0.717) is 12.2 Å². The molecule has 1 aliphatic carbocycles. The van der Waals surface area contributed by atoms with E-state index >= 15 is 0 Å². The summed E-state index contributed by atoms with van der Waals surface area (Å²) < 4.78 is 6.81. The number of ether oxygens (including phenoxy) is 1. The zero-order valence-electron chi connectivity index (χ0n) is 12.0. The van der Waals surface area contributed by atoms with Gasteiger partial charge in [0.15, 0.2) is 6.10 Å². The van der Waals surface area contributed by atoms with Crippen LogP contribution >= 0.6 is 0 Å². The van der Waals surface area contributed by atoms with E-state index in [0.717, 1.165) is 36.9 Å². The Hall–Kier alpha value is -1.89. The van der Waals surface area contributed by atoms with Crippen molar-refractivity contribution >= 4 is 11.9 Å². The van der Waals surface area contributed by atoms with Gasteiger partial charge in [-0.1, -0.05) is 0 Å². The van der Waals surface area contributed by atoms with Crippen LogP contribution in [0.15, 0.2) is 0 Å². The molecule has 114 valence electrons. The predicted octanol–water partition coefficient (Wildman–Crippen LogP) is 0.224. The van der Waals surface area contributed by atoms with Crippen LogP contribution in [-0.4, -0.2) is 57.5 Å². The fourth-order valence-corrected chi connectivity index (χ4v) is 3.08. The van der Waals surface area contributed by atoms with E-state index in [9.17, 15) is 9.59 Å². The van der Waals surface area contributed by atoms with Crippen molar-refractivity contribution < 1.29 is 19.4 Å². The SMILES string of the molecule is Cn1nc2c(c1C(=O)N1CCO[C@@H](C(=O)O)C1)CCCC2. The van der Waals surface area contributed by atoms with Crippen molar-refractivity contribution in [3.63, 3.8) is 0 Å². The maximum Gasteiger partial charge on any atom is 0.334 e. The molecule has 1 atom stereocenters. The lowest BCUT2D eigenvalue weighted by molar-refractivity contribution is -0.154. The Morgan fingerprint density at radius 1 is 1.33 bits per heavy atom. The Balaban J connectivity index is 1.85. The largest absolute Gasteiger partial charge is 0.479 e. The average Bonchev–Trinajstić information content (AvgIpc) is 2.82. The van der Waals surface area contributed by atoms with Gasteiger partial charge in [-0.3, -0.25) is 9.48 Å². The third kappa shape index (κ3) is 2.53. The van der Waals surface area contributed by atoms with Crippen molar-refractivity contribution in [2.75, 3.05) is 19.7 Å². The van der Waals surface area contributed by atoms with Gasteiger partial charge in [0.05, 0.1) is 18.8 Å². The summed E-state index contributed by atoms with van der Waals surface area (Å²) in [6, 6.07) is 0. The first-order valence-electron chi connectivity index (χ1n) is 7.26. The summed E-state index contributed by atoms with van der Waals surface area (Å²) >= 11 is 0. The Kier molecular flexibility index (Phi) is 3.67. The Bertz CT molecular complexity index is 581. The molecular weight excluding hydrogens is 274 g/mol. The Morgan fingerprint density at radius 2 is 2.10 bits per heavy atom. The number of carbonyl (C=O) groups is 2. The molecule has 3 rings (SSSR count). The summed E-state index contributed by atoms with van der Waals surface area (Å²) in [6.07, 6.45) is 3.02. The lowest BCUT2D eigenvalue weighted by Crippen LogP contribution is -2.49. The summed E-state index contributed by atoms with van der Waals surface area (Å²) in [5, 5.41) is 13.5. The van der Waals surface area contributed by atoms with Crippen molar-refractivity contribution in [3.8, 4) is 0 Å². The fourth-order valence-electron chi connectivity index (χ4n) is 3.08. The third-order valence-electron chi connectivity index (χ3n) is 4.15. The second-order valence-corrected chi connectivity index (χ2v) is 5.55. The van der Waals surface area contributed by atoms with Crippen LogP contribution in [0.2, 0.25) is 0 Å². The van der Waals surface area contributed by atoms with Gasteiger partial charge in [-0.2, -0.15) is 5.10 Å². The molecule has 0 spiro atoms. The van der Waals surface area contributed by atoms with Crippen LogP contribution in [0.3, 0.4) is 0 Å². The molecule has 0 radical (unpaired) electrons. The van der Waals surface area contributed by atoms with E-state index in [1.54, 1.807) is 16.6 Å². The summed E-state index contributed by atoms with van der Waals surface area (Å²) in [7, 11) is 1.78. The van der Waals surface area contributed by atoms with Crippen LogP contribution in [0, 0.1) is 0 Å². The molecule has 1 aliphatic heterocycles. The molecule has 21 heavy (non-hydrogen) atoms. The first kappa shape index (κ1) is 14.1. The molecular formula is C14H19N3O4. The summed E-state index contributed by atoms with van der Waals surface area (Å²) in [5.74, 6) is -1.16. The van der Waals surface area contributed by atoms with E-state index in [2.05, 4.69) is 5.10 Å². The molecule has 1 N–H and O–H groups in total. The molecule has 7 nitrogen and oxygen atoms in total. The van der Waals surface area contributed by atoms with Crippen LogP contribution in [-0.2, 0) is 29.4 Å². The number of nitrogens with zero attached hydrogens (tertiary/aromatic N) is 3. The number of aryl methyl sites for hydroxylation is 2. The number of carbonyl (C=O) groups excluding carboxylic acids is 1. The lowest BCUT2D eigenvalue weighted by Gasteiger charge is -2.31. The van der Waals surface area contributed by atoms with E-state index in [-0.39, 0.29) is 19.1 Å². The normalized spacial score (nSPS) is 22.0. The predicted molar refractivity (Wildman–Crippen MR) is 73.1 cm³/mol. The molecule has 2 aliphatic rings. The topological polar surface area (TPSA) is 84.7 Å². The summed E-state index contributed by atoms with van der Waals surface area (Å²) in [5.41, 5.74) is 2.65. The highest BCUT2D eigenvalue weighted by atomic mass is 16.5. The summed E-state index contributed by atoms with van der Waals surface area (Å²) in [6.45, 7) is 0.763. The van der Waals surface area contributed by atoms with Gasteiger partial charge in [0.25, 0.3) is 5.91 Å². The molecule has 0 unspecified atom stereocenters. The highest BCUT2D eigenvalue weighted by Gasteiger charge is 2.33. The number of fused-ring (bicyclic) bond motifs is 1. The number of morpholine rings is 1. The number of hydrogen-bond acceptors (Lipinski definition) is 4. The number of rotatable bonds is 2. The van der Waals surface area contributed by atoms with E-state index in [1.165, 1.54) is 0 Å². The van der Waals surface area contributed by atoms with Crippen LogP contribution in [0.1, 0.15) is 34.6 Å². The van der Waals surface area contributed by atoms with E-state index in [4.69, 9.17) is 9.84 Å². The maximum absolute atomic E-state index is 12.7. The number of carboxylic acid groups (broad SMARTS) is 1. The highest BCUT2D eigenvalue weighted by molar-refractivity contribution is 5.94. The molecule has 2 heterocycles. The van der Waals surface area contributed by atoms with Crippen molar-refractivity contribution in [1.29, 1.82) is 0 Å². The van der Waals surface area contributed by atoms with Crippen molar-refractivity contribution in [3.05, 3.63) is 17.0 Å². The van der Waals surface area contributed by atoms with Gasteiger partial charge in [-0.25, -0.2) is 4.79 Å². The fraction of sp³-hybridized carbons (Fsp3) is 0.643. The molecule has 1 aromatic heterocycles. The molecule has 0 saturated carbocycles. The number of aliphatic carboxylic acids is 1. The molecule has 0 aromatic carbocycles. The smallest absolute Gasteiger partial charge is 0.334 e. The second kappa shape index (κ2) is 5.48. The minimum atomic E-state index is -1.03. The first-order valence-corrected chi connectivity index (χ1v) is 7.26. The van der Waals surface area contributed by atoms with Gasteiger partial charge < -0.3 is 14.7 Å². The molecule has 1 fully saturated rings. The van der Waals surface area contributed by atoms with Crippen LogP contribution in [0.25, 0.3) is 0 Å². The molecule has 1 aromatic rings. The van der Waals surface area contributed by atoms with Crippen LogP contribution in [0.5, 0.6) is 0 Å². The Morgan fingerprint density at radius 3 is 2.86 bits per heavy atom. The maximum atomic E-state index is 12.7. The zero-order valence-corrected chi connectivity index (χ0v) is 12.0. The van der Waals surface area contributed by atoms with Gasteiger partial charge in [0.1, 0.15) is 5.69 Å². The van der Waals surface area contributed by atoms with Crippen LogP contribution in [0.4, 0.5) is 0 Å². The van der Waals surface area contributed by atoms with Gasteiger partial charge in [0, 0.05) is 19.2 Å². The minimum absolute atomic E-state index is 0.0914. The standard InChI is InChI=1S/C14H19N3O4/c1-16-12(9-4-2-3-5-10(9)15-16)13(18)17-6-7-21-11(8-17)14(19)20/h11H,2-8H2,1H3,(H,19,20)/t11-/m1/s1. The second-order valence-electron chi connectivity index (χ2n) is 5.55. The molecule has 0 bridgehead atoms. The average molecular weight is 293 g/mol. The number of amides is 1. The van der Waals surface area contributed by atoms with Crippen LogP contribution < -0.4 is 0 Å². The van der Waals surface area contributed by atoms with Crippen molar-refractivity contribution in [2.45, 2.75) is 31.8 Å². The van der Waals surface area contributed by atoms with Gasteiger partial charge >= 0.3 is 5.97 Å². The van der Waals surface area contributed by atoms with Gasteiger partial charge in [-0.15, -0.1) is 0 Å². The third-order valence-corrected chi connectivity index (χ3v) is 4.15. The van der Waals surface area contributed by atoms with E-state index in [1.807, 2.05) is 0 Å². The van der Waals surface area contributed by atoms with Gasteiger partial charge in [-0.05, 0) is 25.7 Å². The quantitative estimate of drug-likeness (QED) is 0.843. The Labute approximate surface area is 122 Å². The van der Waals surface area contributed by atoms with Crippen molar-refractivity contribution in [1.82, 2.24) is 14.7 Å². The monoisotopic (exact) mass is 293 g/mol. The lowest BCUT2D eigenvalue weighted by atomic mass is 9.95. The van der Waals surface area contributed by atoms with Crippen molar-refractivity contribution in [2.24, 2.45) is 7.05 Å². The molecule has 7 heteroatoms. The zero-order chi connectivity index (χ0) is 15.0. The number of aromatic nitrogens is 2. The number of hydrogen-bond donors (Lipinski definition) is 1. The molecule has 1 amide bonds.